The van der Waals surface area contributed by atoms with Crippen LogP contribution in [0.5, 0.6) is 0 Å². The molecule has 0 bridgehead atoms. The molecule has 0 saturated heterocycles. The van der Waals surface area contributed by atoms with Crippen LogP contribution in [-0.4, -0.2) is 45.1 Å². The van der Waals surface area contributed by atoms with Crippen molar-refractivity contribution in [3.63, 3.8) is 0 Å². The molecule has 0 unspecified atom stereocenters. The highest BCUT2D eigenvalue weighted by Gasteiger charge is 2.18. The van der Waals surface area contributed by atoms with Gasteiger partial charge in [0.25, 0.3) is 0 Å². The van der Waals surface area contributed by atoms with Gasteiger partial charge in [-0.15, -0.1) is 0 Å². The number of nitrogens with zero attached hydrogens (tertiary/aromatic N) is 3. The monoisotopic (exact) mass is 359 g/mol. The summed E-state index contributed by atoms with van der Waals surface area (Å²) in [7, 11) is 3.45. The van der Waals surface area contributed by atoms with Gasteiger partial charge < -0.3 is 15.0 Å². The molecule has 0 aliphatic carbocycles. The summed E-state index contributed by atoms with van der Waals surface area (Å²) in [6.45, 7) is 2.43. The van der Waals surface area contributed by atoms with Crippen molar-refractivity contribution in [3.8, 4) is 0 Å². The van der Waals surface area contributed by atoms with Crippen LogP contribution in [0.3, 0.4) is 0 Å². The second-order valence-electron chi connectivity index (χ2n) is 5.81. The number of H-pyrrole nitrogens is 1. The fraction of sp³-hybridized carbons (Fsp3) is 0.353. The number of aromatic amines is 1. The zero-order valence-corrected chi connectivity index (χ0v) is 15.3. The molecule has 3 rings (SSSR count). The lowest BCUT2D eigenvalue weighted by Gasteiger charge is -2.18. The van der Waals surface area contributed by atoms with E-state index in [1.54, 1.807) is 18.0 Å². The number of carbonyl (C=O) groups is 1. The number of rotatable bonds is 7. The molecule has 0 aliphatic heterocycles. The molecule has 132 valence electrons. The number of hydrogen-bond acceptors (Lipinski definition) is 5. The van der Waals surface area contributed by atoms with Crippen LogP contribution < -0.4 is 5.32 Å². The summed E-state index contributed by atoms with van der Waals surface area (Å²) < 4.78 is 6.95. The number of aryl methyl sites for hydroxylation is 2. The molecule has 8 heteroatoms. The van der Waals surface area contributed by atoms with Gasteiger partial charge in [-0.3, -0.25) is 9.48 Å². The molecule has 0 saturated carbocycles. The second-order valence-corrected chi connectivity index (χ2v) is 6.77. The Hall–Kier alpha value is -2.32. The summed E-state index contributed by atoms with van der Waals surface area (Å²) in [5, 5.41) is 7.86. The summed E-state index contributed by atoms with van der Waals surface area (Å²) in [5.41, 5.74) is 3.96. The van der Waals surface area contributed by atoms with Crippen LogP contribution in [0.4, 0.5) is 0 Å². The molecule has 2 aromatic heterocycles. The van der Waals surface area contributed by atoms with Gasteiger partial charge in [0.05, 0.1) is 35.1 Å². The number of fused-ring (bicyclic) bond motifs is 1. The number of hydrogen-bond donors (Lipinski definition) is 2. The smallest absolute Gasteiger partial charge is 0.231 e. The van der Waals surface area contributed by atoms with E-state index in [-0.39, 0.29) is 17.7 Å². The fourth-order valence-corrected chi connectivity index (χ4v) is 3.33. The maximum Gasteiger partial charge on any atom is 0.231 e. The number of aromatic nitrogens is 4. The molecule has 1 atom stereocenters. The van der Waals surface area contributed by atoms with Gasteiger partial charge in [-0.05, 0) is 30.7 Å². The third-order valence-electron chi connectivity index (χ3n) is 3.84. The Morgan fingerprint density at radius 3 is 3.00 bits per heavy atom. The van der Waals surface area contributed by atoms with Gasteiger partial charge in [-0.2, -0.15) is 5.10 Å². The SMILES string of the molecule is COC[C@H](NC(=O)CSc1nc2ccc(C)cc2[nH]1)c1ccnn1C. The van der Waals surface area contributed by atoms with Crippen molar-refractivity contribution in [3.05, 3.63) is 41.7 Å². The highest BCUT2D eigenvalue weighted by atomic mass is 32.2. The standard InChI is InChI=1S/C17H21N5O2S/c1-11-4-5-12-13(8-11)21-17(20-12)25-10-16(23)19-14(9-24-3)15-6-7-18-22(15)2/h4-8,14H,9-10H2,1-3H3,(H,19,23)(H,20,21)/t14-/m0/s1. The number of ether oxygens (including phenoxy) is 1. The average molecular weight is 359 g/mol. The van der Waals surface area contributed by atoms with Crippen molar-refractivity contribution in [1.82, 2.24) is 25.1 Å². The minimum atomic E-state index is -0.232. The van der Waals surface area contributed by atoms with E-state index in [2.05, 4.69) is 20.4 Å². The summed E-state index contributed by atoms with van der Waals surface area (Å²) in [6.07, 6.45) is 1.70. The number of amides is 1. The van der Waals surface area contributed by atoms with Crippen LogP contribution in [0.1, 0.15) is 17.3 Å². The van der Waals surface area contributed by atoms with Crippen LogP contribution in [-0.2, 0) is 16.6 Å². The van der Waals surface area contributed by atoms with Crippen LogP contribution in [0.2, 0.25) is 0 Å². The predicted molar refractivity (Wildman–Crippen MR) is 97.5 cm³/mol. The largest absolute Gasteiger partial charge is 0.382 e. The number of imidazole rings is 1. The Kier molecular flexibility index (Phi) is 5.40. The van der Waals surface area contributed by atoms with E-state index in [4.69, 9.17) is 4.74 Å². The molecule has 7 nitrogen and oxygen atoms in total. The summed E-state index contributed by atoms with van der Waals surface area (Å²) in [6, 6.07) is 7.68. The first-order valence-electron chi connectivity index (χ1n) is 7.92. The molecule has 0 spiro atoms. The number of benzene rings is 1. The van der Waals surface area contributed by atoms with Crippen LogP contribution in [0, 0.1) is 6.92 Å². The third kappa shape index (κ3) is 4.21. The summed E-state index contributed by atoms with van der Waals surface area (Å²) in [5.74, 6) is 0.196. The fourth-order valence-electron chi connectivity index (χ4n) is 2.63. The Bertz CT molecular complexity index is 873. The molecular formula is C17H21N5O2S. The first-order chi connectivity index (χ1) is 12.1. The maximum atomic E-state index is 12.3. The lowest BCUT2D eigenvalue weighted by Crippen LogP contribution is -2.33. The van der Waals surface area contributed by atoms with Gasteiger partial charge in [0.1, 0.15) is 0 Å². The second kappa shape index (κ2) is 7.71. The summed E-state index contributed by atoms with van der Waals surface area (Å²) >= 11 is 1.38. The molecule has 1 amide bonds. The van der Waals surface area contributed by atoms with Gasteiger partial charge in [0.2, 0.25) is 5.91 Å². The Labute approximate surface area is 150 Å². The zero-order valence-electron chi connectivity index (χ0n) is 14.4. The van der Waals surface area contributed by atoms with Gasteiger partial charge >= 0.3 is 0 Å². The van der Waals surface area contributed by atoms with E-state index in [0.29, 0.717) is 6.61 Å². The van der Waals surface area contributed by atoms with Gasteiger partial charge in [-0.1, -0.05) is 17.8 Å². The van der Waals surface area contributed by atoms with E-state index in [0.717, 1.165) is 21.9 Å². The van der Waals surface area contributed by atoms with Gasteiger partial charge in [-0.25, -0.2) is 4.98 Å². The third-order valence-corrected chi connectivity index (χ3v) is 4.71. The van der Waals surface area contributed by atoms with E-state index in [1.165, 1.54) is 17.3 Å². The maximum absolute atomic E-state index is 12.3. The van der Waals surface area contributed by atoms with Gasteiger partial charge in [0.15, 0.2) is 5.16 Å². The van der Waals surface area contributed by atoms with Crippen molar-refractivity contribution in [2.24, 2.45) is 7.05 Å². The topological polar surface area (TPSA) is 84.8 Å². The number of methoxy groups -OCH3 is 1. The molecule has 1 aromatic carbocycles. The average Bonchev–Trinajstić information content (AvgIpc) is 3.18. The number of carbonyl (C=O) groups excluding carboxylic acids is 1. The van der Waals surface area contributed by atoms with Crippen molar-refractivity contribution in [2.45, 2.75) is 18.1 Å². The van der Waals surface area contributed by atoms with Crippen molar-refractivity contribution in [2.75, 3.05) is 19.5 Å². The number of thioether (sulfide) groups is 1. The molecule has 0 aliphatic rings. The summed E-state index contributed by atoms with van der Waals surface area (Å²) in [4.78, 5) is 20.1. The molecule has 0 fully saturated rings. The van der Waals surface area contributed by atoms with Crippen LogP contribution in [0.25, 0.3) is 11.0 Å². The zero-order chi connectivity index (χ0) is 17.8. The van der Waals surface area contributed by atoms with E-state index in [1.807, 2.05) is 38.2 Å². The predicted octanol–water partition coefficient (Wildman–Crippen LogP) is 2.20. The molecule has 2 N–H and O–H groups in total. The first-order valence-corrected chi connectivity index (χ1v) is 8.90. The van der Waals surface area contributed by atoms with Crippen molar-refractivity contribution < 1.29 is 9.53 Å². The van der Waals surface area contributed by atoms with Crippen LogP contribution >= 0.6 is 11.8 Å². The molecular weight excluding hydrogens is 338 g/mol. The van der Waals surface area contributed by atoms with Crippen molar-refractivity contribution >= 4 is 28.7 Å². The minimum absolute atomic E-state index is 0.0788. The lowest BCUT2D eigenvalue weighted by molar-refractivity contribution is -0.119. The van der Waals surface area contributed by atoms with E-state index >= 15 is 0 Å². The molecule has 25 heavy (non-hydrogen) atoms. The number of nitrogens with one attached hydrogen (secondary N) is 2. The van der Waals surface area contributed by atoms with Crippen LogP contribution in [0.15, 0.2) is 35.6 Å². The molecule has 2 heterocycles. The van der Waals surface area contributed by atoms with E-state index in [9.17, 15) is 4.79 Å². The molecule has 0 radical (unpaired) electrons. The lowest BCUT2D eigenvalue weighted by atomic mass is 10.2. The highest BCUT2D eigenvalue weighted by molar-refractivity contribution is 7.99. The molecule has 3 aromatic rings. The van der Waals surface area contributed by atoms with E-state index < -0.39 is 0 Å². The minimum Gasteiger partial charge on any atom is -0.382 e. The van der Waals surface area contributed by atoms with Crippen molar-refractivity contribution in [1.29, 1.82) is 0 Å². The Morgan fingerprint density at radius 1 is 1.44 bits per heavy atom. The Balaban J connectivity index is 1.61. The van der Waals surface area contributed by atoms with Gasteiger partial charge in [0, 0.05) is 20.4 Å². The first kappa shape index (κ1) is 17.5. The highest BCUT2D eigenvalue weighted by Crippen LogP contribution is 2.20. The Morgan fingerprint density at radius 2 is 2.28 bits per heavy atom. The quantitative estimate of drug-likeness (QED) is 0.632. The normalized spacial score (nSPS) is 12.4.